The van der Waals surface area contributed by atoms with E-state index in [0.717, 1.165) is 12.1 Å². The van der Waals surface area contributed by atoms with Crippen molar-refractivity contribution >= 4 is 5.91 Å². The van der Waals surface area contributed by atoms with Crippen molar-refractivity contribution in [1.82, 2.24) is 14.9 Å². The number of benzene rings is 1. The zero-order chi connectivity index (χ0) is 16.8. The van der Waals surface area contributed by atoms with Gasteiger partial charge < -0.3 is 15.6 Å². The van der Waals surface area contributed by atoms with Gasteiger partial charge in [0.05, 0.1) is 6.33 Å². The molecule has 5 nitrogen and oxygen atoms in total. The number of carbonyl (C=O) groups excluding carboxylic acids is 1. The number of aromatic nitrogens is 2. The van der Waals surface area contributed by atoms with Crippen LogP contribution < -0.4 is 11.1 Å². The van der Waals surface area contributed by atoms with Gasteiger partial charge in [-0.3, -0.25) is 4.79 Å². The summed E-state index contributed by atoms with van der Waals surface area (Å²) in [5.41, 5.74) is 7.75. The van der Waals surface area contributed by atoms with E-state index in [1.807, 2.05) is 35.0 Å². The third kappa shape index (κ3) is 4.23. The van der Waals surface area contributed by atoms with Gasteiger partial charge in [-0.1, -0.05) is 31.4 Å². The summed E-state index contributed by atoms with van der Waals surface area (Å²) in [5.74, 6) is 0.499. The normalized spacial score (nSPS) is 16.7. The molecule has 2 aromatic rings. The Bertz CT molecular complexity index is 630. The molecule has 1 fully saturated rings. The van der Waals surface area contributed by atoms with Crippen LogP contribution in [0.3, 0.4) is 0 Å². The monoisotopic (exact) mass is 326 g/mol. The van der Waals surface area contributed by atoms with Gasteiger partial charge in [-0.25, -0.2) is 4.98 Å². The second-order valence-corrected chi connectivity index (χ2v) is 6.65. The molecule has 3 rings (SSSR count). The fourth-order valence-corrected chi connectivity index (χ4v) is 3.51. The minimum absolute atomic E-state index is 0.0230. The second-order valence-electron chi connectivity index (χ2n) is 6.65. The molecule has 0 spiro atoms. The molecule has 1 heterocycles. The van der Waals surface area contributed by atoms with Gasteiger partial charge in [-0.15, -0.1) is 0 Å². The highest BCUT2D eigenvalue weighted by atomic mass is 16.1. The molecule has 0 radical (unpaired) electrons. The van der Waals surface area contributed by atoms with Crippen molar-refractivity contribution in [3.8, 4) is 0 Å². The Morgan fingerprint density at radius 2 is 2.00 bits per heavy atom. The summed E-state index contributed by atoms with van der Waals surface area (Å²) in [5, 5.41) is 3.14. The summed E-state index contributed by atoms with van der Waals surface area (Å²) in [6.07, 6.45) is 11.6. The molecule has 1 atom stereocenters. The summed E-state index contributed by atoms with van der Waals surface area (Å²) in [7, 11) is 0. The highest BCUT2D eigenvalue weighted by Gasteiger charge is 2.24. The molecule has 0 saturated heterocycles. The Hall–Kier alpha value is -2.14. The number of hydrogen-bond acceptors (Lipinski definition) is 3. The first-order chi connectivity index (χ1) is 11.8. The van der Waals surface area contributed by atoms with Crippen molar-refractivity contribution in [3.63, 3.8) is 0 Å². The number of rotatable bonds is 6. The lowest BCUT2D eigenvalue weighted by Gasteiger charge is -2.30. The lowest BCUT2D eigenvalue weighted by Crippen LogP contribution is -2.45. The van der Waals surface area contributed by atoms with E-state index in [1.54, 1.807) is 12.5 Å². The average Bonchev–Trinajstić information content (AvgIpc) is 3.14. The molecule has 0 aliphatic heterocycles. The van der Waals surface area contributed by atoms with Gasteiger partial charge in [0.1, 0.15) is 0 Å². The van der Waals surface area contributed by atoms with Crippen molar-refractivity contribution in [2.45, 2.75) is 44.7 Å². The number of hydrogen-bond donors (Lipinski definition) is 2. The lowest BCUT2D eigenvalue weighted by atomic mass is 9.84. The number of nitrogens with zero attached hydrogens (tertiary/aromatic N) is 2. The summed E-state index contributed by atoms with van der Waals surface area (Å²) < 4.78 is 2.00. The number of carbonyl (C=O) groups is 1. The summed E-state index contributed by atoms with van der Waals surface area (Å²) in [6.45, 7) is 1.27. The van der Waals surface area contributed by atoms with E-state index in [0.29, 0.717) is 18.0 Å². The standard InChI is InChI=1S/C19H26N4O/c20-12-18(16-4-2-1-3-5-16)22-19(24)17-8-6-15(7-9-17)13-23-11-10-21-14-23/h6-11,14,16,18H,1-5,12-13,20H2,(H,22,24). The van der Waals surface area contributed by atoms with Crippen molar-refractivity contribution in [2.24, 2.45) is 11.7 Å². The molecule has 24 heavy (non-hydrogen) atoms. The van der Waals surface area contributed by atoms with Crippen LogP contribution in [0.2, 0.25) is 0 Å². The molecule has 1 aromatic carbocycles. The van der Waals surface area contributed by atoms with E-state index in [9.17, 15) is 4.79 Å². The van der Waals surface area contributed by atoms with Gasteiger partial charge in [0.25, 0.3) is 5.91 Å². The van der Waals surface area contributed by atoms with Crippen LogP contribution in [0, 0.1) is 5.92 Å². The highest BCUT2D eigenvalue weighted by molar-refractivity contribution is 5.94. The Morgan fingerprint density at radius 1 is 1.25 bits per heavy atom. The van der Waals surface area contributed by atoms with Gasteiger partial charge >= 0.3 is 0 Å². The van der Waals surface area contributed by atoms with Crippen LogP contribution >= 0.6 is 0 Å². The van der Waals surface area contributed by atoms with Crippen molar-refractivity contribution in [1.29, 1.82) is 0 Å². The third-order valence-corrected chi connectivity index (χ3v) is 4.93. The number of nitrogens with one attached hydrogen (secondary N) is 1. The fourth-order valence-electron chi connectivity index (χ4n) is 3.51. The van der Waals surface area contributed by atoms with E-state index >= 15 is 0 Å². The highest BCUT2D eigenvalue weighted by Crippen LogP contribution is 2.26. The van der Waals surface area contributed by atoms with Gasteiger partial charge in [0.15, 0.2) is 0 Å². The Balaban J connectivity index is 1.59. The molecule has 128 valence electrons. The Kier molecular flexibility index (Phi) is 5.64. The smallest absolute Gasteiger partial charge is 0.251 e. The first-order valence-corrected chi connectivity index (χ1v) is 8.82. The fraction of sp³-hybridized carbons (Fsp3) is 0.474. The Labute approximate surface area is 143 Å². The Morgan fingerprint density at radius 3 is 2.62 bits per heavy atom. The van der Waals surface area contributed by atoms with Crippen LogP contribution in [0.25, 0.3) is 0 Å². The van der Waals surface area contributed by atoms with Gasteiger partial charge in [-0.05, 0) is 36.5 Å². The van der Waals surface area contributed by atoms with Gasteiger partial charge in [-0.2, -0.15) is 0 Å². The van der Waals surface area contributed by atoms with Crippen LogP contribution in [0.4, 0.5) is 0 Å². The zero-order valence-corrected chi connectivity index (χ0v) is 14.0. The molecular weight excluding hydrogens is 300 g/mol. The molecule has 1 saturated carbocycles. The molecule has 5 heteroatoms. The van der Waals surface area contributed by atoms with Crippen LogP contribution in [-0.2, 0) is 6.54 Å². The molecule has 1 aromatic heterocycles. The largest absolute Gasteiger partial charge is 0.348 e. The van der Waals surface area contributed by atoms with E-state index in [1.165, 1.54) is 32.1 Å². The van der Waals surface area contributed by atoms with Gasteiger partial charge in [0, 0.05) is 37.1 Å². The maximum atomic E-state index is 12.5. The van der Waals surface area contributed by atoms with E-state index in [2.05, 4.69) is 10.3 Å². The maximum absolute atomic E-state index is 12.5. The number of imidazole rings is 1. The lowest BCUT2D eigenvalue weighted by molar-refractivity contribution is 0.0915. The van der Waals surface area contributed by atoms with E-state index < -0.39 is 0 Å². The molecule has 1 amide bonds. The molecule has 1 aliphatic rings. The van der Waals surface area contributed by atoms with Crippen molar-refractivity contribution in [3.05, 3.63) is 54.1 Å². The van der Waals surface area contributed by atoms with Crippen LogP contribution in [0.15, 0.2) is 43.0 Å². The second kappa shape index (κ2) is 8.11. The number of amides is 1. The minimum atomic E-state index is -0.0230. The molecular formula is C19H26N4O. The first-order valence-electron chi connectivity index (χ1n) is 8.82. The molecule has 1 unspecified atom stereocenters. The topological polar surface area (TPSA) is 72.9 Å². The average molecular weight is 326 g/mol. The van der Waals surface area contributed by atoms with Gasteiger partial charge in [0.2, 0.25) is 0 Å². The predicted octanol–water partition coefficient (Wildman–Crippen LogP) is 2.57. The number of nitrogens with two attached hydrogens (primary N) is 1. The summed E-state index contributed by atoms with van der Waals surface area (Å²) >= 11 is 0. The zero-order valence-electron chi connectivity index (χ0n) is 14.0. The van der Waals surface area contributed by atoms with Crippen molar-refractivity contribution < 1.29 is 4.79 Å². The summed E-state index contributed by atoms with van der Waals surface area (Å²) in [6, 6.07) is 7.84. The van der Waals surface area contributed by atoms with Crippen molar-refractivity contribution in [2.75, 3.05) is 6.54 Å². The summed E-state index contributed by atoms with van der Waals surface area (Å²) in [4.78, 5) is 16.5. The van der Waals surface area contributed by atoms with E-state index in [-0.39, 0.29) is 11.9 Å². The van der Waals surface area contributed by atoms with Crippen LogP contribution in [-0.4, -0.2) is 28.0 Å². The van der Waals surface area contributed by atoms with Crippen LogP contribution in [0.1, 0.15) is 48.0 Å². The quantitative estimate of drug-likeness (QED) is 0.857. The SMILES string of the molecule is NCC(NC(=O)c1ccc(Cn2ccnc2)cc1)C1CCCCC1. The third-order valence-electron chi connectivity index (χ3n) is 4.93. The van der Waals surface area contributed by atoms with Crippen LogP contribution in [0.5, 0.6) is 0 Å². The molecule has 3 N–H and O–H groups in total. The van der Waals surface area contributed by atoms with E-state index in [4.69, 9.17) is 5.73 Å². The minimum Gasteiger partial charge on any atom is -0.348 e. The molecule has 1 aliphatic carbocycles. The predicted molar refractivity (Wildman–Crippen MR) is 94.7 cm³/mol. The molecule has 0 bridgehead atoms. The first kappa shape index (κ1) is 16.7. The maximum Gasteiger partial charge on any atom is 0.251 e.